The first-order chi connectivity index (χ1) is 17.3. The van der Waals surface area contributed by atoms with E-state index in [9.17, 15) is 22.8 Å². The van der Waals surface area contributed by atoms with Crippen LogP contribution in [0.4, 0.5) is 13.2 Å². The van der Waals surface area contributed by atoms with Crippen LogP contribution in [0.2, 0.25) is 0 Å². The van der Waals surface area contributed by atoms with E-state index >= 15 is 0 Å². The van der Waals surface area contributed by atoms with E-state index in [0.29, 0.717) is 10.1 Å². The quantitative estimate of drug-likeness (QED) is 0.419. The Balaban J connectivity index is 1.07. The lowest BCUT2D eigenvalue weighted by atomic mass is 9.49. The average molecular weight is 493 g/mol. The third kappa shape index (κ3) is 3.77. The first kappa shape index (κ1) is 22.5. The molecule has 6 rings (SSSR count). The van der Waals surface area contributed by atoms with Crippen molar-refractivity contribution in [3.05, 3.63) is 82.3 Å². The van der Waals surface area contributed by atoms with Crippen molar-refractivity contribution in [1.29, 1.82) is 0 Å². The van der Waals surface area contributed by atoms with E-state index in [0.717, 1.165) is 55.2 Å². The van der Waals surface area contributed by atoms with Crippen LogP contribution in [-0.4, -0.2) is 31.9 Å². The van der Waals surface area contributed by atoms with Gasteiger partial charge in [-0.1, -0.05) is 24.3 Å². The summed E-state index contributed by atoms with van der Waals surface area (Å²) in [6, 6.07) is 11.5. The molecular formula is C26H22F3N5O2. The third-order valence-electron chi connectivity index (χ3n) is 7.51. The Labute approximate surface area is 203 Å². The highest BCUT2D eigenvalue weighted by atomic mass is 19.3. The van der Waals surface area contributed by atoms with Gasteiger partial charge in [0.15, 0.2) is 0 Å². The van der Waals surface area contributed by atoms with Crippen molar-refractivity contribution < 1.29 is 18.0 Å². The van der Waals surface area contributed by atoms with Gasteiger partial charge in [0.05, 0.1) is 17.3 Å². The van der Waals surface area contributed by atoms with Crippen molar-refractivity contribution in [2.45, 2.75) is 44.2 Å². The van der Waals surface area contributed by atoms with Crippen LogP contribution in [0.25, 0.3) is 21.9 Å². The fourth-order valence-electron chi connectivity index (χ4n) is 5.79. The second kappa shape index (κ2) is 8.32. The zero-order valence-electron chi connectivity index (χ0n) is 19.0. The average Bonchev–Trinajstić information content (AvgIpc) is 3.31. The number of fused-ring (bicyclic) bond motifs is 1. The maximum absolute atomic E-state index is 14.6. The number of rotatable bonds is 5. The number of hydrogen-bond acceptors (Lipinski definition) is 4. The predicted octanol–water partition coefficient (Wildman–Crippen LogP) is 4.78. The van der Waals surface area contributed by atoms with Crippen LogP contribution in [0.3, 0.4) is 0 Å². The van der Waals surface area contributed by atoms with Crippen LogP contribution in [-0.2, 0) is 0 Å². The Morgan fingerprint density at radius 1 is 1.11 bits per heavy atom. The molecule has 0 radical (unpaired) electrons. The van der Waals surface area contributed by atoms with E-state index < -0.39 is 12.4 Å². The largest absolute Gasteiger partial charge is 0.349 e. The minimum atomic E-state index is -2.81. The predicted molar refractivity (Wildman–Crippen MR) is 126 cm³/mol. The second-order valence-corrected chi connectivity index (χ2v) is 9.85. The zero-order chi connectivity index (χ0) is 25.0. The molecule has 36 heavy (non-hydrogen) atoms. The number of amides is 1. The molecule has 184 valence electrons. The van der Waals surface area contributed by atoms with E-state index in [1.165, 1.54) is 12.1 Å². The maximum atomic E-state index is 14.6. The van der Waals surface area contributed by atoms with Crippen molar-refractivity contribution in [1.82, 2.24) is 25.3 Å². The Hall–Kier alpha value is -3.95. The van der Waals surface area contributed by atoms with Gasteiger partial charge in [0, 0.05) is 40.2 Å². The van der Waals surface area contributed by atoms with Gasteiger partial charge in [-0.05, 0) is 49.3 Å². The maximum Gasteiger partial charge on any atom is 0.333 e. The first-order valence-corrected chi connectivity index (χ1v) is 11.7. The first-order valence-electron chi connectivity index (χ1n) is 11.7. The Kier molecular flexibility index (Phi) is 5.20. The molecule has 2 saturated carbocycles. The number of alkyl halides is 2. The molecule has 2 aromatic heterocycles. The molecule has 2 aromatic carbocycles. The van der Waals surface area contributed by atoms with Crippen LogP contribution >= 0.6 is 0 Å². The minimum Gasteiger partial charge on any atom is -0.349 e. The van der Waals surface area contributed by atoms with Gasteiger partial charge in [0.2, 0.25) is 0 Å². The van der Waals surface area contributed by atoms with E-state index in [-0.39, 0.29) is 45.5 Å². The third-order valence-corrected chi connectivity index (χ3v) is 7.51. The summed E-state index contributed by atoms with van der Waals surface area (Å²) in [5.74, 6) is -0.781. The fourth-order valence-corrected chi connectivity index (χ4v) is 5.79. The van der Waals surface area contributed by atoms with Gasteiger partial charge in [0.25, 0.3) is 11.5 Å². The SMILES string of the molecule is O=C(N[C@H]1CC2(C1)C[C@H](c1n[nH]c(=O)c3ccccc31)C2)c1ccc(-c2cnn(C(F)F)c2)c(F)c1. The molecule has 2 aliphatic carbocycles. The summed E-state index contributed by atoms with van der Waals surface area (Å²) in [7, 11) is 0. The molecule has 1 amide bonds. The highest BCUT2D eigenvalue weighted by Gasteiger charge is 2.54. The molecule has 7 nitrogen and oxygen atoms in total. The van der Waals surface area contributed by atoms with Gasteiger partial charge in [-0.15, -0.1) is 0 Å². The van der Waals surface area contributed by atoms with Crippen LogP contribution in [0.1, 0.15) is 54.2 Å². The van der Waals surface area contributed by atoms with Crippen molar-refractivity contribution in [3.8, 4) is 11.1 Å². The van der Waals surface area contributed by atoms with E-state index in [1.807, 2.05) is 18.2 Å². The summed E-state index contributed by atoms with van der Waals surface area (Å²) in [5.41, 5.74) is 1.37. The summed E-state index contributed by atoms with van der Waals surface area (Å²) in [4.78, 5) is 24.7. The minimum absolute atomic E-state index is 0.00532. The van der Waals surface area contributed by atoms with Crippen LogP contribution in [0.5, 0.6) is 0 Å². The molecule has 2 aliphatic rings. The number of nitrogens with zero attached hydrogens (tertiary/aromatic N) is 3. The molecule has 0 atom stereocenters. The molecule has 2 heterocycles. The summed E-state index contributed by atoms with van der Waals surface area (Å²) in [6.45, 7) is -2.81. The number of nitrogens with one attached hydrogen (secondary N) is 2. The molecule has 1 spiro atoms. The molecule has 2 fully saturated rings. The van der Waals surface area contributed by atoms with Crippen LogP contribution < -0.4 is 10.9 Å². The summed E-state index contributed by atoms with van der Waals surface area (Å²) < 4.78 is 40.5. The van der Waals surface area contributed by atoms with Crippen LogP contribution in [0.15, 0.2) is 59.7 Å². The standard InChI is InChI=1S/C26H22F3N5O2/c27-21-7-14(5-6-18(21)16-12-30-34(13-16)25(28)29)23(35)31-17-10-26(11-17)8-15(9-26)22-19-3-1-2-4-20(19)24(36)33-32-22/h1-7,12-13,15,17,25H,8-11H2,(H,31,35)(H,33,36)/t15-,17-,26?. The topological polar surface area (TPSA) is 92.7 Å². The highest BCUT2D eigenvalue weighted by molar-refractivity contribution is 5.95. The van der Waals surface area contributed by atoms with Crippen molar-refractivity contribution >= 4 is 16.7 Å². The monoisotopic (exact) mass is 493 g/mol. The molecule has 10 heteroatoms. The number of benzene rings is 2. The highest BCUT2D eigenvalue weighted by Crippen LogP contribution is 2.62. The lowest BCUT2D eigenvalue weighted by molar-refractivity contribution is -0.0196. The summed E-state index contributed by atoms with van der Waals surface area (Å²) in [5, 5.41) is 14.9. The molecular weight excluding hydrogens is 471 g/mol. The van der Waals surface area contributed by atoms with Gasteiger partial charge in [-0.3, -0.25) is 9.59 Å². The number of halogens is 3. The van der Waals surface area contributed by atoms with Crippen molar-refractivity contribution in [3.63, 3.8) is 0 Å². The smallest absolute Gasteiger partial charge is 0.333 e. The number of aromatic amines is 1. The summed E-state index contributed by atoms with van der Waals surface area (Å²) in [6.07, 6.45) is 5.78. The zero-order valence-corrected chi connectivity index (χ0v) is 19.0. The lowest BCUT2D eigenvalue weighted by Crippen LogP contribution is -2.55. The van der Waals surface area contributed by atoms with Gasteiger partial charge < -0.3 is 5.32 Å². The number of hydrogen-bond donors (Lipinski definition) is 2. The Bertz CT molecular complexity index is 1530. The summed E-state index contributed by atoms with van der Waals surface area (Å²) >= 11 is 0. The van der Waals surface area contributed by atoms with Gasteiger partial charge in [0.1, 0.15) is 5.82 Å². The molecule has 0 saturated heterocycles. The van der Waals surface area contributed by atoms with Gasteiger partial charge in [-0.25, -0.2) is 14.2 Å². The second-order valence-electron chi connectivity index (χ2n) is 9.85. The Morgan fingerprint density at radius 2 is 1.86 bits per heavy atom. The fraction of sp³-hybridized carbons (Fsp3) is 0.308. The van der Waals surface area contributed by atoms with Gasteiger partial charge in [-0.2, -0.15) is 19.0 Å². The van der Waals surface area contributed by atoms with Gasteiger partial charge >= 0.3 is 6.55 Å². The molecule has 4 aromatic rings. The van der Waals surface area contributed by atoms with E-state index in [2.05, 4.69) is 20.6 Å². The van der Waals surface area contributed by atoms with E-state index in [4.69, 9.17) is 0 Å². The molecule has 0 unspecified atom stereocenters. The van der Waals surface area contributed by atoms with E-state index in [1.54, 1.807) is 6.07 Å². The molecule has 2 N–H and O–H groups in total. The number of aromatic nitrogens is 4. The molecule has 0 bridgehead atoms. The number of carbonyl (C=O) groups is 1. The van der Waals surface area contributed by atoms with Crippen LogP contribution in [0, 0.1) is 11.2 Å². The number of H-pyrrole nitrogens is 1. The normalized spacial score (nSPS) is 23.0. The Morgan fingerprint density at radius 3 is 2.56 bits per heavy atom. The number of carbonyl (C=O) groups excluding carboxylic acids is 1. The van der Waals surface area contributed by atoms with Crippen molar-refractivity contribution in [2.24, 2.45) is 5.41 Å². The molecule has 0 aliphatic heterocycles. The lowest BCUT2D eigenvalue weighted by Gasteiger charge is -2.57. The van der Waals surface area contributed by atoms with Crippen molar-refractivity contribution in [2.75, 3.05) is 0 Å².